The molecule has 2 aromatic carbocycles. The maximum absolute atomic E-state index is 12.6. The van der Waals surface area contributed by atoms with Gasteiger partial charge >= 0.3 is 12.4 Å². The summed E-state index contributed by atoms with van der Waals surface area (Å²) in [6.07, 6.45) is -4.24. The van der Waals surface area contributed by atoms with Crippen LogP contribution < -0.4 is 24.9 Å². The molecule has 0 saturated carbocycles. The Kier molecular flexibility index (Phi) is 8.53. The van der Waals surface area contributed by atoms with Crippen LogP contribution in [0.3, 0.4) is 0 Å². The number of rotatable bonds is 8. The summed E-state index contributed by atoms with van der Waals surface area (Å²) in [5, 5.41) is 7.14. The van der Waals surface area contributed by atoms with Crippen LogP contribution >= 0.6 is 11.3 Å². The van der Waals surface area contributed by atoms with E-state index in [1.807, 2.05) is 0 Å². The molecule has 0 unspecified atom stereocenters. The van der Waals surface area contributed by atoms with Gasteiger partial charge in [0.1, 0.15) is 11.5 Å². The molecule has 2 N–H and O–H groups in total. The van der Waals surface area contributed by atoms with Crippen LogP contribution in [0.15, 0.2) is 58.9 Å². The van der Waals surface area contributed by atoms with Crippen molar-refractivity contribution in [1.29, 1.82) is 0 Å². The lowest BCUT2D eigenvalue weighted by Gasteiger charge is -2.12. The van der Waals surface area contributed by atoms with Crippen LogP contribution in [0, 0.1) is 0 Å². The first-order valence-corrected chi connectivity index (χ1v) is 11.3. The number of carbonyl (C=O) groups excluding carboxylic acids is 2. The summed E-state index contributed by atoms with van der Waals surface area (Å²) in [6.45, 7) is 2.22. The summed E-state index contributed by atoms with van der Waals surface area (Å²) >= 11 is 1.20. The highest BCUT2D eigenvalue weighted by molar-refractivity contribution is 7.07. The molecular formula is C23H23F3N4O4S. The summed E-state index contributed by atoms with van der Waals surface area (Å²) in [5.74, 6) is -0.0241. The van der Waals surface area contributed by atoms with Gasteiger partial charge in [-0.2, -0.15) is 4.99 Å². The van der Waals surface area contributed by atoms with Crippen molar-refractivity contribution in [1.82, 2.24) is 9.88 Å². The molecule has 12 heteroatoms. The van der Waals surface area contributed by atoms with Gasteiger partial charge in [0.25, 0.3) is 0 Å². The van der Waals surface area contributed by atoms with Gasteiger partial charge in [-0.3, -0.25) is 4.79 Å². The van der Waals surface area contributed by atoms with Crippen LogP contribution in [0.4, 0.5) is 23.7 Å². The van der Waals surface area contributed by atoms with E-state index in [0.29, 0.717) is 47.0 Å². The second kappa shape index (κ2) is 11.6. The fourth-order valence-corrected chi connectivity index (χ4v) is 4.11. The van der Waals surface area contributed by atoms with Crippen molar-refractivity contribution < 1.29 is 32.2 Å². The first-order valence-electron chi connectivity index (χ1n) is 10.4. The van der Waals surface area contributed by atoms with E-state index in [1.54, 1.807) is 34.2 Å². The molecule has 1 heterocycles. The van der Waals surface area contributed by atoms with Crippen molar-refractivity contribution in [3.63, 3.8) is 0 Å². The van der Waals surface area contributed by atoms with Crippen molar-refractivity contribution in [3.05, 3.63) is 58.7 Å². The van der Waals surface area contributed by atoms with Crippen LogP contribution in [0.25, 0.3) is 11.3 Å². The van der Waals surface area contributed by atoms with E-state index in [1.165, 1.54) is 49.6 Å². The molecule has 0 atom stereocenters. The first kappa shape index (κ1) is 25.8. The lowest BCUT2D eigenvalue weighted by molar-refractivity contribution is -0.274. The minimum absolute atomic E-state index is 0.165. The molecule has 0 radical (unpaired) electrons. The third kappa shape index (κ3) is 7.60. The number of benzene rings is 2. The number of alkyl halides is 3. The molecule has 3 aromatic rings. The third-order valence-corrected chi connectivity index (χ3v) is 5.52. The highest BCUT2D eigenvalue weighted by atomic mass is 32.1. The average Bonchev–Trinajstić information content (AvgIpc) is 3.18. The van der Waals surface area contributed by atoms with Crippen LogP contribution in [0.2, 0.25) is 0 Å². The summed E-state index contributed by atoms with van der Waals surface area (Å²) in [6, 6.07) is 11.7. The molecule has 186 valence electrons. The lowest BCUT2D eigenvalue weighted by atomic mass is 10.1. The summed E-state index contributed by atoms with van der Waals surface area (Å²) in [5.41, 5.74) is 1.72. The van der Waals surface area contributed by atoms with Crippen LogP contribution in [-0.4, -0.2) is 36.5 Å². The van der Waals surface area contributed by atoms with Crippen molar-refractivity contribution in [2.24, 2.45) is 4.99 Å². The largest absolute Gasteiger partial charge is 0.573 e. The quantitative estimate of drug-likeness (QED) is 0.428. The number of aromatic nitrogens is 1. The summed E-state index contributed by atoms with van der Waals surface area (Å²) in [7, 11) is 1.49. The van der Waals surface area contributed by atoms with Crippen LogP contribution in [0.5, 0.6) is 11.5 Å². The van der Waals surface area contributed by atoms with Crippen LogP contribution in [0.1, 0.15) is 13.3 Å². The Balaban J connectivity index is 1.89. The number of ether oxygens (including phenoxy) is 2. The van der Waals surface area contributed by atoms with Crippen molar-refractivity contribution >= 4 is 29.0 Å². The Morgan fingerprint density at radius 3 is 2.49 bits per heavy atom. The number of thiazole rings is 1. The molecule has 0 aliphatic rings. The van der Waals surface area contributed by atoms with Crippen molar-refractivity contribution in [3.8, 4) is 22.8 Å². The number of hydrogen-bond donors (Lipinski definition) is 2. The Labute approximate surface area is 203 Å². The maximum Gasteiger partial charge on any atom is 0.573 e. The van der Waals surface area contributed by atoms with E-state index < -0.39 is 12.4 Å². The molecule has 0 aliphatic carbocycles. The number of urea groups is 1. The molecule has 0 spiro atoms. The fraction of sp³-hybridized carbons (Fsp3) is 0.261. The number of amides is 3. The van der Waals surface area contributed by atoms with Gasteiger partial charge in [-0.05, 0) is 48.4 Å². The molecule has 8 nitrogen and oxygen atoms in total. The number of halogens is 3. The van der Waals surface area contributed by atoms with E-state index in [-0.39, 0.29) is 11.7 Å². The van der Waals surface area contributed by atoms with Gasteiger partial charge in [-0.15, -0.1) is 24.5 Å². The number of para-hydroxylation sites is 2. The number of anilines is 1. The highest BCUT2D eigenvalue weighted by Gasteiger charge is 2.31. The average molecular weight is 509 g/mol. The molecule has 3 rings (SSSR count). The molecule has 35 heavy (non-hydrogen) atoms. The number of hydrogen-bond acceptors (Lipinski definition) is 5. The summed E-state index contributed by atoms with van der Waals surface area (Å²) < 4.78 is 48.4. The van der Waals surface area contributed by atoms with Gasteiger partial charge in [0, 0.05) is 25.4 Å². The number of nitrogens with zero attached hydrogens (tertiary/aromatic N) is 2. The van der Waals surface area contributed by atoms with E-state index >= 15 is 0 Å². The Bertz CT molecular complexity index is 1240. The summed E-state index contributed by atoms with van der Waals surface area (Å²) in [4.78, 5) is 28.3. The Morgan fingerprint density at radius 1 is 1.11 bits per heavy atom. The Hall–Kier alpha value is -3.80. The lowest BCUT2D eigenvalue weighted by Crippen LogP contribution is -2.25. The van der Waals surface area contributed by atoms with Gasteiger partial charge in [-0.1, -0.05) is 12.1 Å². The minimum atomic E-state index is -4.78. The number of carbonyl (C=O) groups is 2. The van der Waals surface area contributed by atoms with Gasteiger partial charge in [-0.25, -0.2) is 4.79 Å². The standard InChI is InChI=1S/C23H23F3N4O4S/c1-15(31)27-12-5-13-30-19(16-8-10-17(11-9-16)34-23(24,25)26)14-35-22(30)29-21(32)28-18-6-3-4-7-20(18)33-2/h3-4,6-11,14H,5,12-13H2,1-2H3,(H,27,31)(H,28,32). The van der Waals surface area contributed by atoms with E-state index in [4.69, 9.17) is 4.74 Å². The molecule has 1 aromatic heterocycles. The third-order valence-electron chi connectivity index (χ3n) is 4.66. The zero-order chi connectivity index (χ0) is 25.4. The second-order valence-corrected chi connectivity index (χ2v) is 8.04. The van der Waals surface area contributed by atoms with E-state index in [0.717, 1.165) is 0 Å². The zero-order valence-electron chi connectivity index (χ0n) is 18.9. The zero-order valence-corrected chi connectivity index (χ0v) is 19.7. The topological polar surface area (TPSA) is 93.9 Å². The fourth-order valence-electron chi connectivity index (χ4n) is 3.17. The smallest absolute Gasteiger partial charge is 0.495 e. The normalized spacial score (nSPS) is 11.7. The monoisotopic (exact) mass is 508 g/mol. The SMILES string of the molecule is COc1ccccc1NC(=O)N=c1scc(-c2ccc(OC(F)(F)F)cc2)n1CCCNC(C)=O. The molecular weight excluding hydrogens is 485 g/mol. The van der Waals surface area contributed by atoms with Gasteiger partial charge < -0.3 is 24.7 Å². The predicted octanol–water partition coefficient (Wildman–Crippen LogP) is 4.78. The molecule has 0 bridgehead atoms. The first-order chi connectivity index (χ1) is 16.7. The van der Waals surface area contributed by atoms with E-state index in [9.17, 15) is 22.8 Å². The Morgan fingerprint density at radius 2 is 1.83 bits per heavy atom. The number of methoxy groups -OCH3 is 1. The van der Waals surface area contributed by atoms with Crippen LogP contribution in [-0.2, 0) is 11.3 Å². The minimum Gasteiger partial charge on any atom is -0.495 e. The van der Waals surface area contributed by atoms with Crippen molar-refractivity contribution in [2.75, 3.05) is 19.0 Å². The second-order valence-electron chi connectivity index (χ2n) is 7.21. The van der Waals surface area contributed by atoms with E-state index in [2.05, 4.69) is 20.4 Å². The highest BCUT2D eigenvalue weighted by Crippen LogP contribution is 2.27. The van der Waals surface area contributed by atoms with Gasteiger partial charge in [0.2, 0.25) is 5.91 Å². The molecule has 0 saturated heterocycles. The number of nitrogens with one attached hydrogen (secondary N) is 2. The van der Waals surface area contributed by atoms with Gasteiger partial charge in [0.15, 0.2) is 4.80 Å². The molecule has 0 fully saturated rings. The van der Waals surface area contributed by atoms with Gasteiger partial charge in [0.05, 0.1) is 18.5 Å². The van der Waals surface area contributed by atoms with Crippen molar-refractivity contribution in [2.45, 2.75) is 26.3 Å². The maximum atomic E-state index is 12.6. The molecule has 0 aliphatic heterocycles. The molecule has 3 amide bonds. The predicted molar refractivity (Wildman–Crippen MR) is 125 cm³/mol.